The second kappa shape index (κ2) is 6.15. The molecule has 3 N–H and O–H groups in total. The van der Waals surface area contributed by atoms with Crippen LogP contribution in [-0.2, 0) is 0 Å². The first-order chi connectivity index (χ1) is 8.35. The lowest BCUT2D eigenvalue weighted by Gasteiger charge is -2.16. The molecule has 1 saturated heterocycles. The van der Waals surface area contributed by atoms with Gasteiger partial charge < -0.3 is 15.7 Å². The van der Waals surface area contributed by atoms with E-state index in [2.05, 4.69) is 29.2 Å². The summed E-state index contributed by atoms with van der Waals surface area (Å²) >= 11 is 0. The first-order valence-electron chi connectivity index (χ1n) is 6.43. The van der Waals surface area contributed by atoms with Crippen molar-refractivity contribution in [2.24, 2.45) is 11.7 Å². The Morgan fingerprint density at radius 1 is 1.24 bits per heavy atom. The highest BCUT2D eigenvalue weighted by atomic mass is 16.3. The Morgan fingerprint density at radius 3 is 2.65 bits per heavy atom. The van der Waals surface area contributed by atoms with Crippen LogP contribution in [0.1, 0.15) is 17.9 Å². The van der Waals surface area contributed by atoms with Gasteiger partial charge in [-0.25, -0.2) is 0 Å². The van der Waals surface area contributed by atoms with Gasteiger partial charge in [0.2, 0.25) is 0 Å². The minimum atomic E-state index is 0.276. The zero-order chi connectivity index (χ0) is 12.1. The fourth-order valence-corrected chi connectivity index (χ4v) is 2.72. The van der Waals surface area contributed by atoms with Crippen LogP contribution in [0, 0.1) is 5.92 Å². The van der Waals surface area contributed by atoms with Crippen LogP contribution in [0.15, 0.2) is 30.3 Å². The van der Waals surface area contributed by atoms with Gasteiger partial charge in [0.05, 0.1) is 0 Å². The Bertz CT molecular complexity index is 328. The van der Waals surface area contributed by atoms with Crippen molar-refractivity contribution in [3.63, 3.8) is 0 Å². The predicted molar refractivity (Wildman–Crippen MR) is 69.9 cm³/mol. The number of aliphatic hydroxyl groups is 1. The lowest BCUT2D eigenvalue weighted by molar-refractivity contribution is 0.215. The quantitative estimate of drug-likeness (QED) is 0.800. The van der Waals surface area contributed by atoms with Crippen molar-refractivity contribution < 1.29 is 5.11 Å². The Morgan fingerprint density at radius 2 is 2.00 bits per heavy atom. The van der Waals surface area contributed by atoms with Crippen molar-refractivity contribution in [2.45, 2.75) is 12.3 Å². The number of aliphatic hydroxyl groups excluding tert-OH is 1. The predicted octanol–water partition coefficient (Wildman–Crippen LogP) is 1.04. The average molecular weight is 234 g/mol. The lowest BCUT2D eigenvalue weighted by Crippen LogP contribution is -2.24. The van der Waals surface area contributed by atoms with E-state index < -0.39 is 0 Å². The molecule has 1 aromatic carbocycles. The monoisotopic (exact) mass is 234 g/mol. The second-order valence-electron chi connectivity index (χ2n) is 4.86. The third kappa shape index (κ3) is 3.06. The van der Waals surface area contributed by atoms with Gasteiger partial charge in [-0.15, -0.1) is 0 Å². The molecule has 1 aromatic rings. The van der Waals surface area contributed by atoms with Gasteiger partial charge in [-0.3, -0.25) is 0 Å². The van der Waals surface area contributed by atoms with E-state index >= 15 is 0 Å². The average Bonchev–Trinajstić information content (AvgIpc) is 2.80. The number of hydrogen-bond donors (Lipinski definition) is 2. The molecule has 3 nitrogen and oxygen atoms in total. The molecular weight excluding hydrogens is 212 g/mol. The Hall–Kier alpha value is -0.900. The minimum Gasteiger partial charge on any atom is -0.396 e. The van der Waals surface area contributed by atoms with E-state index in [-0.39, 0.29) is 6.61 Å². The van der Waals surface area contributed by atoms with E-state index in [1.54, 1.807) is 0 Å². The molecule has 0 bridgehead atoms. The van der Waals surface area contributed by atoms with Crippen LogP contribution in [0.2, 0.25) is 0 Å². The maximum Gasteiger partial charge on any atom is 0.0477 e. The lowest BCUT2D eigenvalue weighted by atomic mass is 9.90. The van der Waals surface area contributed by atoms with Crippen LogP contribution in [0.25, 0.3) is 0 Å². The highest BCUT2D eigenvalue weighted by Gasteiger charge is 2.32. The molecule has 1 aliphatic heterocycles. The van der Waals surface area contributed by atoms with Gasteiger partial charge in [-0.05, 0) is 25.1 Å². The summed E-state index contributed by atoms with van der Waals surface area (Å²) in [6.45, 7) is 4.12. The van der Waals surface area contributed by atoms with Crippen LogP contribution < -0.4 is 5.73 Å². The van der Waals surface area contributed by atoms with Crippen molar-refractivity contribution >= 4 is 0 Å². The second-order valence-corrected chi connectivity index (χ2v) is 4.86. The highest BCUT2D eigenvalue weighted by Crippen LogP contribution is 2.32. The van der Waals surface area contributed by atoms with Crippen molar-refractivity contribution in [3.05, 3.63) is 35.9 Å². The molecule has 1 heterocycles. The number of likely N-dealkylation sites (tertiary alicyclic amines) is 1. The molecule has 0 radical (unpaired) electrons. The molecule has 0 aromatic heterocycles. The first-order valence-corrected chi connectivity index (χ1v) is 6.43. The minimum absolute atomic E-state index is 0.276. The van der Waals surface area contributed by atoms with Crippen molar-refractivity contribution in [1.29, 1.82) is 0 Å². The van der Waals surface area contributed by atoms with E-state index in [4.69, 9.17) is 5.73 Å². The van der Waals surface area contributed by atoms with Gasteiger partial charge in [0.15, 0.2) is 0 Å². The number of hydrogen-bond acceptors (Lipinski definition) is 3. The Kier molecular flexibility index (Phi) is 4.54. The number of benzene rings is 1. The fourth-order valence-electron chi connectivity index (χ4n) is 2.72. The molecule has 0 unspecified atom stereocenters. The maximum atomic E-state index is 9.49. The molecule has 2 atom stereocenters. The molecule has 0 saturated carbocycles. The molecule has 0 amide bonds. The standard InChI is InChI=1S/C14H22N2O/c15-7-4-8-16-9-13(11-17)14(10-16)12-5-2-1-3-6-12/h1-3,5-6,13-14,17H,4,7-11,15H2/t13-,14+/m1/s1. The molecule has 0 aliphatic carbocycles. The summed E-state index contributed by atoms with van der Waals surface area (Å²) in [7, 11) is 0. The van der Waals surface area contributed by atoms with Gasteiger partial charge in [-0.1, -0.05) is 30.3 Å². The Balaban J connectivity index is 2.02. The van der Waals surface area contributed by atoms with Gasteiger partial charge >= 0.3 is 0 Å². The van der Waals surface area contributed by atoms with E-state index in [0.717, 1.165) is 32.6 Å². The summed E-state index contributed by atoms with van der Waals surface area (Å²) in [6.07, 6.45) is 1.04. The van der Waals surface area contributed by atoms with Crippen molar-refractivity contribution in [2.75, 3.05) is 32.8 Å². The van der Waals surface area contributed by atoms with E-state index in [1.165, 1.54) is 5.56 Å². The SMILES string of the molecule is NCCCN1C[C@H](CO)[C@H](c2ccccc2)C1. The van der Waals surface area contributed by atoms with Crippen LogP contribution in [0.5, 0.6) is 0 Å². The van der Waals surface area contributed by atoms with Crippen LogP contribution in [0.4, 0.5) is 0 Å². The fraction of sp³-hybridized carbons (Fsp3) is 0.571. The number of nitrogens with two attached hydrogens (primary N) is 1. The highest BCUT2D eigenvalue weighted by molar-refractivity contribution is 5.22. The Labute approximate surface area is 103 Å². The largest absolute Gasteiger partial charge is 0.396 e. The molecule has 1 aliphatic rings. The van der Waals surface area contributed by atoms with Gasteiger partial charge in [0.25, 0.3) is 0 Å². The summed E-state index contributed by atoms with van der Waals surface area (Å²) < 4.78 is 0. The molecule has 1 fully saturated rings. The molecule has 0 spiro atoms. The van der Waals surface area contributed by atoms with Crippen molar-refractivity contribution in [1.82, 2.24) is 4.90 Å². The molecule has 3 heteroatoms. The number of nitrogens with zero attached hydrogens (tertiary/aromatic N) is 1. The van der Waals surface area contributed by atoms with Gasteiger partial charge in [0.1, 0.15) is 0 Å². The summed E-state index contributed by atoms with van der Waals surface area (Å²) in [5.41, 5.74) is 6.89. The van der Waals surface area contributed by atoms with E-state index in [0.29, 0.717) is 11.8 Å². The third-order valence-electron chi connectivity index (χ3n) is 3.66. The van der Waals surface area contributed by atoms with E-state index in [9.17, 15) is 5.11 Å². The van der Waals surface area contributed by atoms with E-state index in [1.807, 2.05) is 6.07 Å². The zero-order valence-corrected chi connectivity index (χ0v) is 10.3. The van der Waals surface area contributed by atoms with Gasteiger partial charge in [0, 0.05) is 31.5 Å². The zero-order valence-electron chi connectivity index (χ0n) is 10.3. The number of rotatable bonds is 5. The van der Waals surface area contributed by atoms with Crippen LogP contribution in [0.3, 0.4) is 0 Å². The summed E-state index contributed by atoms with van der Waals surface area (Å²) in [5, 5.41) is 9.49. The van der Waals surface area contributed by atoms with Gasteiger partial charge in [-0.2, -0.15) is 0 Å². The third-order valence-corrected chi connectivity index (χ3v) is 3.66. The molecule has 2 rings (SSSR count). The maximum absolute atomic E-state index is 9.49. The molecule has 94 valence electrons. The summed E-state index contributed by atoms with van der Waals surface area (Å²) in [4.78, 5) is 2.42. The smallest absolute Gasteiger partial charge is 0.0477 e. The van der Waals surface area contributed by atoms with Crippen LogP contribution >= 0.6 is 0 Å². The molecule has 17 heavy (non-hydrogen) atoms. The van der Waals surface area contributed by atoms with Crippen molar-refractivity contribution in [3.8, 4) is 0 Å². The topological polar surface area (TPSA) is 49.5 Å². The van der Waals surface area contributed by atoms with Crippen LogP contribution in [-0.4, -0.2) is 42.8 Å². The first kappa shape index (κ1) is 12.6. The normalized spacial score (nSPS) is 25.3. The summed E-state index contributed by atoms with van der Waals surface area (Å²) in [5.74, 6) is 0.842. The molecular formula is C14H22N2O. The summed E-state index contributed by atoms with van der Waals surface area (Å²) in [6, 6.07) is 10.5.